The van der Waals surface area contributed by atoms with Crippen molar-refractivity contribution >= 4 is 0 Å². The number of rotatable bonds is 5. The van der Waals surface area contributed by atoms with Crippen LogP contribution >= 0.6 is 0 Å². The van der Waals surface area contributed by atoms with Gasteiger partial charge in [0.05, 0.1) is 12.6 Å². The predicted molar refractivity (Wildman–Crippen MR) is 65.8 cm³/mol. The van der Waals surface area contributed by atoms with Crippen LogP contribution < -0.4 is 10.5 Å². The number of hydrogen-bond donors (Lipinski definition) is 2. The third-order valence-corrected chi connectivity index (χ3v) is 2.56. The minimum Gasteiger partial charge on any atom is -0.492 e. The number of nitrogens with two attached hydrogens (primary N) is 1. The monoisotopic (exact) mass is 223 g/mol. The lowest BCUT2D eigenvalue weighted by atomic mass is 9.98. The van der Waals surface area contributed by atoms with Gasteiger partial charge >= 0.3 is 0 Å². The molecule has 0 fully saturated rings. The second-order valence-corrected chi connectivity index (χ2v) is 4.43. The molecular weight excluding hydrogens is 202 g/mol. The molecule has 3 nitrogen and oxygen atoms in total. The van der Waals surface area contributed by atoms with Gasteiger partial charge in [0, 0.05) is 0 Å². The van der Waals surface area contributed by atoms with Gasteiger partial charge in [0.25, 0.3) is 0 Å². The van der Waals surface area contributed by atoms with E-state index in [0.717, 1.165) is 5.75 Å². The Morgan fingerprint density at radius 1 is 1.38 bits per heavy atom. The van der Waals surface area contributed by atoms with Gasteiger partial charge in [0.1, 0.15) is 12.4 Å². The number of hydrogen-bond acceptors (Lipinski definition) is 3. The summed E-state index contributed by atoms with van der Waals surface area (Å²) in [7, 11) is 0. The molecule has 0 heterocycles. The number of benzene rings is 1. The molecule has 0 radical (unpaired) electrons. The van der Waals surface area contributed by atoms with Crippen molar-refractivity contribution in [1.82, 2.24) is 0 Å². The molecule has 0 bridgehead atoms. The molecule has 0 aliphatic rings. The molecule has 1 aromatic carbocycles. The zero-order valence-electron chi connectivity index (χ0n) is 10.2. The summed E-state index contributed by atoms with van der Waals surface area (Å²) in [5.41, 5.74) is 8.12. The summed E-state index contributed by atoms with van der Waals surface area (Å²) >= 11 is 0. The van der Waals surface area contributed by atoms with Crippen LogP contribution in [0.15, 0.2) is 18.2 Å². The summed E-state index contributed by atoms with van der Waals surface area (Å²) < 4.78 is 5.49. The molecule has 1 aromatic rings. The van der Waals surface area contributed by atoms with Crippen molar-refractivity contribution in [1.29, 1.82) is 0 Å². The Kier molecular flexibility index (Phi) is 4.77. The third kappa shape index (κ3) is 3.51. The Hall–Kier alpha value is -1.06. The Morgan fingerprint density at radius 3 is 2.56 bits per heavy atom. The number of aliphatic hydroxyl groups excluding tert-OH is 1. The van der Waals surface area contributed by atoms with Gasteiger partial charge in [0.15, 0.2) is 0 Å². The highest BCUT2D eigenvalue weighted by molar-refractivity contribution is 5.36. The first-order valence-corrected chi connectivity index (χ1v) is 5.64. The van der Waals surface area contributed by atoms with E-state index in [1.54, 1.807) is 0 Å². The van der Waals surface area contributed by atoms with Gasteiger partial charge in [-0.3, -0.25) is 0 Å². The quantitative estimate of drug-likeness (QED) is 0.800. The average molecular weight is 223 g/mol. The van der Waals surface area contributed by atoms with Crippen molar-refractivity contribution in [3.63, 3.8) is 0 Å². The molecule has 0 amide bonds. The topological polar surface area (TPSA) is 55.5 Å². The van der Waals surface area contributed by atoms with Gasteiger partial charge < -0.3 is 15.6 Å². The lowest BCUT2D eigenvalue weighted by Crippen LogP contribution is -2.31. The van der Waals surface area contributed by atoms with Gasteiger partial charge in [-0.15, -0.1) is 0 Å². The maximum Gasteiger partial charge on any atom is 0.119 e. The maximum absolute atomic E-state index is 8.78. The summed E-state index contributed by atoms with van der Waals surface area (Å²) in [6.07, 6.45) is 0. The number of ether oxygens (including phenoxy) is 1. The summed E-state index contributed by atoms with van der Waals surface area (Å²) in [6, 6.07) is 5.73. The molecule has 90 valence electrons. The molecule has 16 heavy (non-hydrogen) atoms. The molecule has 0 aliphatic heterocycles. The van der Waals surface area contributed by atoms with E-state index >= 15 is 0 Å². The molecule has 0 aromatic heterocycles. The van der Waals surface area contributed by atoms with Crippen molar-refractivity contribution in [2.45, 2.75) is 32.7 Å². The molecule has 0 saturated heterocycles. The third-order valence-electron chi connectivity index (χ3n) is 2.56. The van der Waals surface area contributed by atoms with Crippen LogP contribution in [0.3, 0.4) is 0 Å². The fourth-order valence-corrected chi connectivity index (χ4v) is 1.64. The van der Waals surface area contributed by atoms with Crippen LogP contribution in [-0.2, 0) is 0 Å². The number of aliphatic hydroxyl groups is 1. The van der Waals surface area contributed by atoms with Crippen LogP contribution in [0.2, 0.25) is 0 Å². The van der Waals surface area contributed by atoms with Crippen molar-refractivity contribution in [2.24, 2.45) is 5.73 Å². The van der Waals surface area contributed by atoms with Crippen molar-refractivity contribution in [3.8, 4) is 5.75 Å². The minimum atomic E-state index is -0.315. The predicted octanol–water partition coefficient (Wildman–Crippen LogP) is 1.82. The first-order valence-electron chi connectivity index (χ1n) is 5.64. The van der Waals surface area contributed by atoms with Crippen LogP contribution in [0.4, 0.5) is 0 Å². The Balaban J connectivity index is 2.66. The minimum absolute atomic E-state index is 0.0525. The van der Waals surface area contributed by atoms with Gasteiger partial charge in [-0.1, -0.05) is 19.9 Å². The lowest BCUT2D eigenvalue weighted by molar-refractivity contribution is 0.206. The first kappa shape index (κ1) is 13.0. The molecule has 1 unspecified atom stereocenters. The van der Waals surface area contributed by atoms with Crippen molar-refractivity contribution in [2.75, 3.05) is 13.2 Å². The highest BCUT2D eigenvalue weighted by Gasteiger charge is 2.06. The van der Waals surface area contributed by atoms with E-state index in [2.05, 4.69) is 26.8 Å². The summed E-state index contributed by atoms with van der Waals surface area (Å²) in [5.74, 6) is 1.33. The van der Waals surface area contributed by atoms with Gasteiger partial charge in [-0.25, -0.2) is 0 Å². The molecule has 0 saturated carbocycles. The summed E-state index contributed by atoms with van der Waals surface area (Å²) in [5, 5.41) is 8.78. The Labute approximate surface area is 97.2 Å². The zero-order chi connectivity index (χ0) is 12.1. The largest absolute Gasteiger partial charge is 0.492 e. The van der Waals surface area contributed by atoms with E-state index in [1.807, 2.05) is 12.1 Å². The Morgan fingerprint density at radius 2 is 2.06 bits per heavy atom. The second-order valence-electron chi connectivity index (χ2n) is 4.43. The van der Waals surface area contributed by atoms with Crippen LogP contribution in [0.1, 0.15) is 30.9 Å². The van der Waals surface area contributed by atoms with Crippen LogP contribution in [0.25, 0.3) is 0 Å². The molecule has 0 spiro atoms. The van der Waals surface area contributed by atoms with Crippen molar-refractivity contribution < 1.29 is 9.84 Å². The van der Waals surface area contributed by atoms with Gasteiger partial charge in [-0.2, -0.15) is 0 Å². The van der Waals surface area contributed by atoms with Crippen molar-refractivity contribution in [3.05, 3.63) is 29.3 Å². The smallest absolute Gasteiger partial charge is 0.119 e. The van der Waals surface area contributed by atoms with Gasteiger partial charge in [0.2, 0.25) is 0 Å². The van der Waals surface area contributed by atoms with Crippen LogP contribution in [-0.4, -0.2) is 24.4 Å². The molecule has 0 aliphatic carbocycles. The first-order chi connectivity index (χ1) is 7.54. The number of aryl methyl sites for hydroxylation is 1. The fourth-order valence-electron chi connectivity index (χ4n) is 1.64. The van der Waals surface area contributed by atoms with E-state index in [-0.39, 0.29) is 12.6 Å². The maximum atomic E-state index is 8.78. The van der Waals surface area contributed by atoms with E-state index < -0.39 is 0 Å². The van der Waals surface area contributed by atoms with Crippen LogP contribution in [0, 0.1) is 6.92 Å². The highest BCUT2D eigenvalue weighted by Crippen LogP contribution is 2.23. The standard InChI is InChI=1S/C13H21NO2/c1-9(2)13-5-4-12(6-10(13)3)16-8-11(14)7-15/h4-6,9,11,15H,7-8,14H2,1-3H3. The highest BCUT2D eigenvalue weighted by atomic mass is 16.5. The summed E-state index contributed by atoms with van der Waals surface area (Å²) in [4.78, 5) is 0. The van der Waals surface area contributed by atoms with E-state index in [1.165, 1.54) is 11.1 Å². The molecular formula is C13H21NO2. The fraction of sp³-hybridized carbons (Fsp3) is 0.538. The summed E-state index contributed by atoms with van der Waals surface area (Å²) in [6.45, 7) is 6.71. The Bertz CT molecular complexity index is 337. The SMILES string of the molecule is Cc1cc(OCC(N)CO)ccc1C(C)C. The molecule has 3 heteroatoms. The normalized spacial score (nSPS) is 12.9. The molecule has 1 rings (SSSR count). The lowest BCUT2D eigenvalue weighted by Gasteiger charge is -2.14. The molecule has 1 atom stereocenters. The van der Waals surface area contributed by atoms with Crippen LogP contribution in [0.5, 0.6) is 5.75 Å². The zero-order valence-corrected chi connectivity index (χ0v) is 10.2. The van der Waals surface area contributed by atoms with E-state index in [4.69, 9.17) is 15.6 Å². The molecule has 3 N–H and O–H groups in total. The van der Waals surface area contributed by atoms with E-state index in [9.17, 15) is 0 Å². The van der Waals surface area contributed by atoms with E-state index in [0.29, 0.717) is 12.5 Å². The van der Waals surface area contributed by atoms with Gasteiger partial charge in [-0.05, 0) is 36.1 Å². The average Bonchev–Trinajstić information content (AvgIpc) is 2.25. The second kappa shape index (κ2) is 5.87.